The molecule has 1 amide bonds. The largest absolute Gasteiger partial charge is 0.372 e. The molecule has 3 rings (SSSR count). The van der Waals surface area contributed by atoms with Gasteiger partial charge in [0, 0.05) is 25.9 Å². The molecular formula is C16H20N4O3. The predicted molar refractivity (Wildman–Crippen MR) is 84.2 cm³/mol. The number of nitrogens with zero attached hydrogens (tertiary/aromatic N) is 2. The van der Waals surface area contributed by atoms with Gasteiger partial charge in [-0.15, -0.1) is 0 Å². The molecule has 3 heterocycles. The van der Waals surface area contributed by atoms with E-state index in [1.54, 1.807) is 31.7 Å². The number of pyridine rings is 1. The first kappa shape index (κ1) is 15.5. The maximum atomic E-state index is 12.4. The highest BCUT2D eigenvalue weighted by molar-refractivity contribution is 5.95. The van der Waals surface area contributed by atoms with E-state index in [1.165, 1.54) is 0 Å². The third kappa shape index (κ3) is 3.19. The van der Waals surface area contributed by atoms with Crippen LogP contribution in [0.5, 0.6) is 0 Å². The molecule has 2 atom stereocenters. The van der Waals surface area contributed by atoms with Gasteiger partial charge in [0.2, 0.25) is 0 Å². The minimum absolute atomic E-state index is 0.0323. The molecule has 0 spiro atoms. The quantitative estimate of drug-likeness (QED) is 0.886. The molecule has 1 aliphatic rings. The van der Waals surface area contributed by atoms with Crippen molar-refractivity contribution in [2.45, 2.75) is 31.9 Å². The Hall–Kier alpha value is -2.41. The first-order chi connectivity index (χ1) is 11.1. The van der Waals surface area contributed by atoms with Crippen LogP contribution in [0, 0.1) is 6.92 Å². The fourth-order valence-corrected chi connectivity index (χ4v) is 2.93. The zero-order chi connectivity index (χ0) is 16.4. The van der Waals surface area contributed by atoms with Crippen molar-refractivity contribution in [2.24, 2.45) is 7.05 Å². The molecule has 2 aromatic heterocycles. The molecule has 1 saturated heterocycles. The Morgan fingerprint density at radius 2 is 2.35 bits per heavy atom. The zero-order valence-corrected chi connectivity index (χ0v) is 13.2. The average Bonchev–Trinajstić information content (AvgIpc) is 2.93. The van der Waals surface area contributed by atoms with Crippen LogP contribution in [0.1, 0.15) is 40.6 Å². The highest BCUT2D eigenvalue weighted by Gasteiger charge is 2.27. The van der Waals surface area contributed by atoms with Gasteiger partial charge in [-0.2, -0.15) is 0 Å². The maximum Gasteiger partial charge on any atom is 0.261 e. The maximum absolute atomic E-state index is 12.4. The number of carbonyl (C=O) groups is 1. The number of aromatic amines is 1. The molecule has 1 aliphatic heterocycles. The summed E-state index contributed by atoms with van der Waals surface area (Å²) in [4.78, 5) is 30.9. The lowest BCUT2D eigenvalue weighted by Crippen LogP contribution is -2.42. The van der Waals surface area contributed by atoms with E-state index in [2.05, 4.69) is 15.3 Å². The van der Waals surface area contributed by atoms with Crippen molar-refractivity contribution in [1.29, 1.82) is 0 Å². The minimum Gasteiger partial charge on any atom is -0.372 e. The number of carbonyl (C=O) groups excluding carboxylic acids is 1. The fourth-order valence-electron chi connectivity index (χ4n) is 2.93. The number of ether oxygens (including phenoxy) is 1. The van der Waals surface area contributed by atoms with Crippen LogP contribution in [-0.2, 0) is 11.8 Å². The first-order valence-corrected chi connectivity index (χ1v) is 7.63. The van der Waals surface area contributed by atoms with Crippen LogP contribution in [0.4, 0.5) is 0 Å². The van der Waals surface area contributed by atoms with Gasteiger partial charge >= 0.3 is 0 Å². The molecule has 2 unspecified atom stereocenters. The van der Waals surface area contributed by atoms with E-state index in [0.717, 1.165) is 12.1 Å². The number of amides is 1. The van der Waals surface area contributed by atoms with Crippen molar-refractivity contribution in [2.75, 3.05) is 6.61 Å². The Kier molecular flexibility index (Phi) is 4.29. The highest BCUT2D eigenvalue weighted by Crippen LogP contribution is 2.27. The topological polar surface area (TPSA) is 89.0 Å². The van der Waals surface area contributed by atoms with Gasteiger partial charge in [0.25, 0.3) is 11.5 Å². The lowest BCUT2D eigenvalue weighted by molar-refractivity contribution is -0.00303. The van der Waals surface area contributed by atoms with Crippen molar-refractivity contribution in [3.05, 3.63) is 52.0 Å². The summed E-state index contributed by atoms with van der Waals surface area (Å²) < 4.78 is 7.71. The van der Waals surface area contributed by atoms with Crippen molar-refractivity contribution in [3.8, 4) is 0 Å². The second kappa shape index (κ2) is 6.37. The van der Waals surface area contributed by atoms with Crippen molar-refractivity contribution in [3.63, 3.8) is 0 Å². The summed E-state index contributed by atoms with van der Waals surface area (Å²) in [5.41, 5.74) is 1.47. The fraction of sp³-hybridized carbons (Fsp3) is 0.438. The number of H-pyrrole nitrogens is 1. The molecule has 0 radical (unpaired) electrons. The molecule has 2 N–H and O–H groups in total. The molecule has 23 heavy (non-hydrogen) atoms. The lowest BCUT2D eigenvalue weighted by Gasteiger charge is -2.30. The van der Waals surface area contributed by atoms with Gasteiger partial charge in [-0.3, -0.25) is 9.59 Å². The van der Waals surface area contributed by atoms with Crippen LogP contribution in [0.25, 0.3) is 0 Å². The van der Waals surface area contributed by atoms with E-state index in [-0.39, 0.29) is 29.2 Å². The summed E-state index contributed by atoms with van der Waals surface area (Å²) in [6.45, 7) is 2.32. The van der Waals surface area contributed by atoms with Crippen LogP contribution in [0.15, 0.2) is 29.6 Å². The Bertz CT molecular complexity index is 765. The van der Waals surface area contributed by atoms with Crippen LogP contribution < -0.4 is 10.9 Å². The normalized spacial score (nSPS) is 21.1. The van der Waals surface area contributed by atoms with Gasteiger partial charge in [-0.05, 0) is 31.4 Å². The Balaban J connectivity index is 1.72. The van der Waals surface area contributed by atoms with Crippen molar-refractivity contribution in [1.82, 2.24) is 19.9 Å². The average molecular weight is 316 g/mol. The van der Waals surface area contributed by atoms with Crippen molar-refractivity contribution < 1.29 is 9.53 Å². The monoisotopic (exact) mass is 316 g/mol. The van der Waals surface area contributed by atoms with Crippen LogP contribution in [0.3, 0.4) is 0 Å². The number of rotatable bonds is 3. The summed E-state index contributed by atoms with van der Waals surface area (Å²) in [6.07, 6.45) is 6.34. The number of hydrogen-bond donors (Lipinski definition) is 2. The molecular weight excluding hydrogens is 296 g/mol. The van der Waals surface area contributed by atoms with E-state index in [0.29, 0.717) is 18.6 Å². The summed E-state index contributed by atoms with van der Waals surface area (Å²) in [5, 5.41) is 2.96. The van der Waals surface area contributed by atoms with Crippen LogP contribution in [-0.4, -0.2) is 33.1 Å². The first-order valence-electron chi connectivity index (χ1n) is 7.63. The zero-order valence-electron chi connectivity index (χ0n) is 13.2. The van der Waals surface area contributed by atoms with Crippen molar-refractivity contribution >= 4 is 5.91 Å². The number of nitrogens with one attached hydrogen (secondary N) is 2. The lowest BCUT2D eigenvalue weighted by atomic mass is 10.0. The van der Waals surface area contributed by atoms with Gasteiger partial charge in [0.05, 0.1) is 18.2 Å². The molecule has 0 aromatic carbocycles. The predicted octanol–water partition coefficient (Wildman–Crippen LogP) is 1.07. The summed E-state index contributed by atoms with van der Waals surface area (Å²) in [6, 6.07) is 1.69. The number of aromatic nitrogens is 3. The van der Waals surface area contributed by atoms with Crippen LogP contribution in [0.2, 0.25) is 0 Å². The van der Waals surface area contributed by atoms with Gasteiger partial charge in [0.15, 0.2) is 0 Å². The van der Waals surface area contributed by atoms with Gasteiger partial charge in [-0.1, -0.05) is 0 Å². The minimum atomic E-state index is -0.363. The molecule has 2 aromatic rings. The van der Waals surface area contributed by atoms with E-state index in [9.17, 15) is 9.59 Å². The van der Waals surface area contributed by atoms with E-state index in [1.807, 2.05) is 11.6 Å². The van der Waals surface area contributed by atoms with E-state index in [4.69, 9.17) is 4.74 Å². The second-order valence-electron chi connectivity index (χ2n) is 5.85. The Labute approximate surface area is 133 Å². The van der Waals surface area contributed by atoms with Crippen LogP contribution >= 0.6 is 0 Å². The second-order valence-corrected chi connectivity index (χ2v) is 5.85. The molecule has 0 saturated carbocycles. The van der Waals surface area contributed by atoms with Gasteiger partial charge in [-0.25, -0.2) is 4.98 Å². The standard InChI is InChI=1S/C16H20N4O3/c1-10-3-5-18-15(21)14(10)16(22)19-11-4-6-23-13(7-11)12-8-17-9-20(12)2/h3,5,8-9,11,13H,4,6-7H2,1-2H3,(H,18,21)(H,19,22). The summed E-state index contributed by atoms with van der Waals surface area (Å²) in [5.74, 6) is -0.333. The van der Waals surface area contributed by atoms with E-state index < -0.39 is 0 Å². The molecule has 7 nitrogen and oxygen atoms in total. The SMILES string of the molecule is Cc1cc[nH]c(=O)c1C(=O)NC1CCOC(c2cncn2C)C1. The summed E-state index contributed by atoms with van der Waals surface area (Å²) in [7, 11) is 1.92. The van der Waals surface area contributed by atoms with Gasteiger partial charge in [0.1, 0.15) is 11.7 Å². The molecule has 0 aliphatic carbocycles. The smallest absolute Gasteiger partial charge is 0.261 e. The number of aryl methyl sites for hydroxylation is 2. The third-order valence-electron chi connectivity index (χ3n) is 4.20. The number of imidazole rings is 1. The van der Waals surface area contributed by atoms with Gasteiger partial charge < -0.3 is 19.6 Å². The number of hydrogen-bond acceptors (Lipinski definition) is 4. The molecule has 122 valence electrons. The van der Waals surface area contributed by atoms with E-state index >= 15 is 0 Å². The Morgan fingerprint density at radius 3 is 3.04 bits per heavy atom. The molecule has 7 heteroatoms. The highest BCUT2D eigenvalue weighted by atomic mass is 16.5. The molecule has 1 fully saturated rings. The molecule has 0 bridgehead atoms. The summed E-state index contributed by atoms with van der Waals surface area (Å²) >= 11 is 0. The third-order valence-corrected chi connectivity index (χ3v) is 4.20. The Morgan fingerprint density at radius 1 is 1.52 bits per heavy atom.